The minimum Gasteiger partial charge on any atom is -0.311 e. The van der Waals surface area contributed by atoms with Gasteiger partial charge in [0.1, 0.15) is 0 Å². The zero-order chi connectivity index (χ0) is 10.9. The fourth-order valence-corrected chi connectivity index (χ4v) is 2.28. The fraction of sp³-hybridized carbons (Fsp3) is 0.750. The Hall–Kier alpha value is -0.830. The molecule has 1 N–H and O–H groups in total. The van der Waals surface area contributed by atoms with Gasteiger partial charge in [0.25, 0.3) is 0 Å². The third kappa shape index (κ3) is 2.40. The van der Waals surface area contributed by atoms with E-state index in [-0.39, 0.29) is 0 Å². The minimum absolute atomic E-state index is 0.563. The van der Waals surface area contributed by atoms with Crippen molar-refractivity contribution in [3.63, 3.8) is 0 Å². The lowest BCUT2D eigenvalue weighted by Crippen LogP contribution is -2.37. The van der Waals surface area contributed by atoms with Gasteiger partial charge in [-0.05, 0) is 31.2 Å². The molecule has 0 atom stereocenters. The van der Waals surface area contributed by atoms with Gasteiger partial charge in [0.15, 0.2) is 0 Å². The average molecular weight is 207 g/mol. The summed E-state index contributed by atoms with van der Waals surface area (Å²) in [6.45, 7) is 6.49. The van der Waals surface area contributed by atoms with Crippen LogP contribution in [0, 0.1) is 12.3 Å². The summed E-state index contributed by atoms with van der Waals surface area (Å²) in [6, 6.07) is 2.15. The highest BCUT2D eigenvalue weighted by Gasteiger charge is 2.30. The third-order valence-corrected chi connectivity index (χ3v) is 3.52. The Kier molecular flexibility index (Phi) is 2.83. The molecule has 2 rings (SSSR count). The Balaban J connectivity index is 1.80. The Morgan fingerprint density at radius 2 is 2.27 bits per heavy atom. The Morgan fingerprint density at radius 1 is 1.53 bits per heavy atom. The maximum absolute atomic E-state index is 4.34. The third-order valence-electron chi connectivity index (χ3n) is 3.52. The summed E-state index contributed by atoms with van der Waals surface area (Å²) in [7, 11) is 2.01. The fourth-order valence-electron chi connectivity index (χ4n) is 2.28. The van der Waals surface area contributed by atoms with Gasteiger partial charge in [-0.3, -0.25) is 4.68 Å². The summed E-state index contributed by atoms with van der Waals surface area (Å²) < 4.78 is 1.96. The quantitative estimate of drug-likeness (QED) is 0.818. The van der Waals surface area contributed by atoms with Crippen LogP contribution in [0.2, 0.25) is 0 Å². The normalized spacial score (nSPS) is 18.9. The molecule has 1 aliphatic rings. The first-order valence-corrected chi connectivity index (χ1v) is 5.79. The lowest BCUT2D eigenvalue weighted by atomic mass is 9.70. The molecule has 15 heavy (non-hydrogen) atoms. The van der Waals surface area contributed by atoms with E-state index in [2.05, 4.69) is 23.4 Å². The first kappa shape index (κ1) is 10.7. The summed E-state index contributed by atoms with van der Waals surface area (Å²) in [6.07, 6.45) is 4.16. The van der Waals surface area contributed by atoms with Crippen LogP contribution in [0.15, 0.2) is 6.07 Å². The van der Waals surface area contributed by atoms with Gasteiger partial charge in [-0.1, -0.05) is 13.3 Å². The zero-order valence-electron chi connectivity index (χ0n) is 10.0. The van der Waals surface area contributed by atoms with E-state index in [4.69, 9.17) is 0 Å². The van der Waals surface area contributed by atoms with Crippen molar-refractivity contribution >= 4 is 0 Å². The first-order valence-electron chi connectivity index (χ1n) is 5.79. The van der Waals surface area contributed by atoms with E-state index < -0.39 is 0 Å². The number of nitrogens with zero attached hydrogens (tertiary/aromatic N) is 2. The zero-order valence-corrected chi connectivity index (χ0v) is 10.0. The largest absolute Gasteiger partial charge is 0.311 e. The molecule has 84 valence electrons. The number of hydrogen-bond acceptors (Lipinski definition) is 2. The number of aromatic nitrogens is 2. The maximum atomic E-state index is 4.34. The van der Waals surface area contributed by atoms with Crippen LogP contribution < -0.4 is 5.32 Å². The summed E-state index contributed by atoms with van der Waals surface area (Å²) >= 11 is 0. The highest BCUT2D eigenvalue weighted by molar-refractivity contribution is 5.08. The van der Waals surface area contributed by atoms with E-state index in [1.54, 1.807) is 0 Å². The van der Waals surface area contributed by atoms with Crippen molar-refractivity contribution < 1.29 is 0 Å². The van der Waals surface area contributed by atoms with Crippen molar-refractivity contribution in [2.24, 2.45) is 12.5 Å². The minimum atomic E-state index is 0.563. The summed E-state index contributed by atoms with van der Waals surface area (Å²) in [5.74, 6) is 0. The van der Waals surface area contributed by atoms with Crippen LogP contribution in [0.3, 0.4) is 0 Å². The van der Waals surface area contributed by atoms with Gasteiger partial charge in [0.2, 0.25) is 0 Å². The molecule has 0 aliphatic heterocycles. The number of nitrogens with one attached hydrogen (secondary N) is 1. The van der Waals surface area contributed by atoms with Gasteiger partial charge in [0, 0.05) is 20.1 Å². The molecule has 0 saturated heterocycles. The molecule has 3 nitrogen and oxygen atoms in total. The SMILES string of the molecule is Cc1cc(CNCC2(C)CCC2)n(C)n1. The monoisotopic (exact) mass is 207 g/mol. The molecule has 1 aliphatic carbocycles. The molecule has 1 aromatic heterocycles. The summed E-state index contributed by atoms with van der Waals surface area (Å²) in [5, 5.41) is 7.87. The van der Waals surface area contributed by atoms with Gasteiger partial charge in [-0.25, -0.2) is 0 Å². The summed E-state index contributed by atoms with van der Waals surface area (Å²) in [4.78, 5) is 0. The molecule has 0 unspecified atom stereocenters. The second-order valence-corrected chi connectivity index (χ2v) is 5.17. The maximum Gasteiger partial charge on any atom is 0.0597 e. The van der Waals surface area contributed by atoms with E-state index in [1.807, 2.05) is 18.7 Å². The molecule has 1 saturated carbocycles. The van der Waals surface area contributed by atoms with E-state index in [0.717, 1.165) is 18.8 Å². The van der Waals surface area contributed by atoms with Crippen molar-refractivity contribution in [1.29, 1.82) is 0 Å². The van der Waals surface area contributed by atoms with Crippen LogP contribution in [-0.2, 0) is 13.6 Å². The lowest BCUT2D eigenvalue weighted by molar-refractivity contribution is 0.156. The number of aryl methyl sites for hydroxylation is 2. The van der Waals surface area contributed by atoms with Crippen molar-refractivity contribution in [2.45, 2.75) is 39.7 Å². The van der Waals surface area contributed by atoms with Crippen LogP contribution in [0.4, 0.5) is 0 Å². The van der Waals surface area contributed by atoms with Crippen LogP contribution in [0.1, 0.15) is 37.6 Å². The van der Waals surface area contributed by atoms with E-state index >= 15 is 0 Å². The number of rotatable bonds is 4. The molecule has 0 spiro atoms. The molecule has 3 heteroatoms. The van der Waals surface area contributed by atoms with Crippen LogP contribution in [0.25, 0.3) is 0 Å². The standard InChI is InChI=1S/C12H21N3/c1-10-7-11(15(3)14-10)8-13-9-12(2)5-4-6-12/h7,13H,4-6,8-9H2,1-3H3. The van der Waals surface area contributed by atoms with E-state index in [1.165, 1.54) is 25.0 Å². The molecule has 1 fully saturated rings. The Morgan fingerprint density at radius 3 is 2.73 bits per heavy atom. The smallest absolute Gasteiger partial charge is 0.0597 e. The lowest BCUT2D eigenvalue weighted by Gasteiger charge is -2.38. The van der Waals surface area contributed by atoms with E-state index in [9.17, 15) is 0 Å². The molecule has 0 amide bonds. The highest BCUT2D eigenvalue weighted by Crippen LogP contribution is 2.39. The second kappa shape index (κ2) is 3.97. The first-order chi connectivity index (χ1) is 7.09. The Bertz CT molecular complexity index is 337. The molecular weight excluding hydrogens is 186 g/mol. The second-order valence-electron chi connectivity index (χ2n) is 5.17. The molecule has 0 bridgehead atoms. The molecule has 1 aromatic rings. The van der Waals surface area contributed by atoms with Crippen molar-refractivity contribution in [3.05, 3.63) is 17.5 Å². The van der Waals surface area contributed by atoms with Gasteiger partial charge >= 0.3 is 0 Å². The molecule has 0 radical (unpaired) electrons. The average Bonchev–Trinajstić information content (AvgIpc) is 2.42. The van der Waals surface area contributed by atoms with Gasteiger partial charge in [0.05, 0.1) is 11.4 Å². The Labute approximate surface area is 91.9 Å². The van der Waals surface area contributed by atoms with Crippen molar-refractivity contribution in [1.82, 2.24) is 15.1 Å². The molecular formula is C12H21N3. The molecule has 0 aromatic carbocycles. The predicted molar refractivity (Wildman–Crippen MR) is 61.6 cm³/mol. The van der Waals surface area contributed by atoms with Gasteiger partial charge in [-0.2, -0.15) is 5.10 Å². The van der Waals surface area contributed by atoms with Crippen molar-refractivity contribution in [2.75, 3.05) is 6.54 Å². The van der Waals surface area contributed by atoms with Crippen LogP contribution >= 0.6 is 0 Å². The van der Waals surface area contributed by atoms with Crippen LogP contribution in [-0.4, -0.2) is 16.3 Å². The predicted octanol–water partition coefficient (Wildman–Crippen LogP) is 2.01. The van der Waals surface area contributed by atoms with Crippen LogP contribution in [0.5, 0.6) is 0 Å². The topological polar surface area (TPSA) is 29.9 Å². The molecule has 1 heterocycles. The van der Waals surface area contributed by atoms with Crippen molar-refractivity contribution in [3.8, 4) is 0 Å². The highest BCUT2D eigenvalue weighted by atomic mass is 15.3. The van der Waals surface area contributed by atoms with E-state index in [0.29, 0.717) is 5.41 Å². The van der Waals surface area contributed by atoms with Gasteiger partial charge < -0.3 is 5.32 Å². The van der Waals surface area contributed by atoms with Gasteiger partial charge in [-0.15, -0.1) is 0 Å². The number of hydrogen-bond donors (Lipinski definition) is 1. The summed E-state index contributed by atoms with van der Waals surface area (Å²) in [5.41, 5.74) is 2.94.